The number of carbonyl (C=O) groups excluding carboxylic acids is 2. The largest absolute Gasteiger partial charge is 0.466 e. The van der Waals surface area contributed by atoms with E-state index in [1.165, 1.54) is 308 Å². The number of ether oxygens (including phenoxy) is 1. The number of aliphatic hydroxyl groups is 2. The molecule has 0 bridgehead atoms. The first-order valence-corrected chi connectivity index (χ1v) is 32.8. The lowest BCUT2D eigenvalue weighted by Crippen LogP contribution is -2.45. The summed E-state index contributed by atoms with van der Waals surface area (Å²) in [6.45, 7) is 4.99. The maximum absolute atomic E-state index is 12.5. The van der Waals surface area contributed by atoms with Crippen molar-refractivity contribution in [3.63, 3.8) is 0 Å². The third-order valence-electron chi connectivity index (χ3n) is 15.7. The van der Waals surface area contributed by atoms with Crippen LogP contribution in [0.1, 0.15) is 380 Å². The summed E-state index contributed by atoms with van der Waals surface area (Å²) in [5.41, 5.74) is 0. The van der Waals surface area contributed by atoms with Gasteiger partial charge in [-0.3, -0.25) is 9.59 Å². The molecule has 6 heteroatoms. The van der Waals surface area contributed by atoms with Crippen molar-refractivity contribution in [2.45, 2.75) is 392 Å². The predicted molar refractivity (Wildman–Crippen MR) is 310 cm³/mol. The van der Waals surface area contributed by atoms with Gasteiger partial charge < -0.3 is 20.3 Å². The third kappa shape index (κ3) is 58.0. The van der Waals surface area contributed by atoms with E-state index in [9.17, 15) is 19.8 Å². The van der Waals surface area contributed by atoms with Crippen molar-refractivity contribution in [3.8, 4) is 0 Å². The first-order chi connectivity index (χ1) is 35.0. The molecule has 0 aromatic carbocycles. The van der Waals surface area contributed by atoms with Crippen molar-refractivity contribution in [1.29, 1.82) is 0 Å². The highest BCUT2D eigenvalue weighted by Crippen LogP contribution is 2.19. The number of carbonyl (C=O) groups is 2. The molecule has 0 fully saturated rings. The van der Waals surface area contributed by atoms with E-state index in [4.69, 9.17) is 4.74 Å². The molecule has 0 radical (unpaired) electrons. The van der Waals surface area contributed by atoms with Crippen LogP contribution in [0.5, 0.6) is 0 Å². The molecule has 71 heavy (non-hydrogen) atoms. The van der Waals surface area contributed by atoms with Crippen LogP contribution in [0.25, 0.3) is 0 Å². The number of esters is 1. The molecular formula is C65H129NO5. The summed E-state index contributed by atoms with van der Waals surface area (Å²) in [5, 5.41) is 23.4. The van der Waals surface area contributed by atoms with E-state index in [1.54, 1.807) is 0 Å². The molecule has 0 heterocycles. The van der Waals surface area contributed by atoms with Gasteiger partial charge in [0.2, 0.25) is 5.91 Å². The molecule has 0 aliphatic carbocycles. The van der Waals surface area contributed by atoms with Gasteiger partial charge in [-0.15, -0.1) is 0 Å². The number of hydrogen-bond donors (Lipinski definition) is 3. The van der Waals surface area contributed by atoms with E-state index in [-0.39, 0.29) is 18.5 Å². The average molecular weight is 1000 g/mol. The molecule has 2 atom stereocenters. The van der Waals surface area contributed by atoms with Gasteiger partial charge in [0, 0.05) is 12.8 Å². The fourth-order valence-electron chi connectivity index (χ4n) is 10.6. The lowest BCUT2D eigenvalue weighted by molar-refractivity contribution is -0.143. The van der Waals surface area contributed by atoms with Crippen LogP contribution in [0.3, 0.4) is 0 Å². The van der Waals surface area contributed by atoms with Crippen molar-refractivity contribution in [2.24, 2.45) is 0 Å². The third-order valence-corrected chi connectivity index (χ3v) is 15.7. The molecule has 0 aliphatic heterocycles. The maximum Gasteiger partial charge on any atom is 0.305 e. The van der Waals surface area contributed by atoms with E-state index in [0.717, 1.165) is 38.5 Å². The standard InChI is InChI=1S/C65H129NO5/c1-3-5-7-9-11-13-15-17-19-21-23-27-31-35-39-43-47-51-55-59-65(70)71-60-56-52-48-44-40-36-32-28-24-26-30-34-38-42-46-50-54-58-64(69)66-62(61-67)63(68)57-53-49-45-41-37-33-29-25-22-20-18-16-14-12-10-8-6-4-2/h62-63,67-68H,3-61H2,1-2H3,(H,66,69). The number of rotatable bonds is 62. The Balaban J connectivity index is 3.38. The molecule has 0 saturated carbocycles. The van der Waals surface area contributed by atoms with Gasteiger partial charge in [-0.1, -0.05) is 341 Å². The van der Waals surface area contributed by atoms with E-state index < -0.39 is 12.1 Å². The summed E-state index contributed by atoms with van der Waals surface area (Å²) in [5.74, 6) is -0.0241. The van der Waals surface area contributed by atoms with Gasteiger partial charge >= 0.3 is 5.97 Å². The van der Waals surface area contributed by atoms with Crippen molar-refractivity contribution in [3.05, 3.63) is 0 Å². The first kappa shape index (κ1) is 69.9. The topological polar surface area (TPSA) is 95.9 Å². The molecule has 0 rings (SSSR count). The normalized spacial score (nSPS) is 12.5. The summed E-state index contributed by atoms with van der Waals surface area (Å²) in [4.78, 5) is 24.6. The lowest BCUT2D eigenvalue weighted by atomic mass is 10.0. The van der Waals surface area contributed by atoms with Gasteiger partial charge in [0.05, 0.1) is 25.4 Å². The molecule has 6 nitrogen and oxygen atoms in total. The Hall–Kier alpha value is -1.14. The lowest BCUT2D eigenvalue weighted by Gasteiger charge is -2.22. The molecule has 0 saturated heterocycles. The molecule has 2 unspecified atom stereocenters. The van der Waals surface area contributed by atoms with Crippen LogP contribution in [0.2, 0.25) is 0 Å². The minimum Gasteiger partial charge on any atom is -0.466 e. The summed E-state index contributed by atoms with van der Waals surface area (Å²) in [7, 11) is 0. The van der Waals surface area contributed by atoms with Crippen molar-refractivity contribution in [1.82, 2.24) is 5.32 Å². The molecule has 0 spiro atoms. The molecular weight excluding hydrogens is 875 g/mol. The summed E-state index contributed by atoms with van der Waals surface area (Å²) < 4.78 is 5.50. The van der Waals surface area contributed by atoms with Gasteiger partial charge in [0.15, 0.2) is 0 Å². The van der Waals surface area contributed by atoms with Gasteiger partial charge in [0.25, 0.3) is 0 Å². The minimum absolute atomic E-state index is 0.0116. The van der Waals surface area contributed by atoms with Gasteiger partial charge in [0.1, 0.15) is 0 Å². The fraction of sp³-hybridized carbons (Fsp3) is 0.969. The first-order valence-electron chi connectivity index (χ1n) is 32.8. The Kier molecular flexibility index (Phi) is 60.4. The second-order valence-electron chi connectivity index (χ2n) is 22.8. The second kappa shape index (κ2) is 61.4. The van der Waals surface area contributed by atoms with Crippen LogP contribution >= 0.6 is 0 Å². The highest BCUT2D eigenvalue weighted by molar-refractivity contribution is 5.76. The Bertz CT molecular complexity index is 1020. The summed E-state index contributed by atoms with van der Waals surface area (Å²) in [6, 6.07) is -0.545. The molecule has 1 amide bonds. The summed E-state index contributed by atoms with van der Waals surface area (Å²) >= 11 is 0. The Morgan fingerprint density at radius 1 is 0.338 bits per heavy atom. The van der Waals surface area contributed by atoms with Gasteiger partial charge in [-0.05, 0) is 25.7 Å². The van der Waals surface area contributed by atoms with Crippen LogP contribution in [0.15, 0.2) is 0 Å². The van der Waals surface area contributed by atoms with E-state index in [2.05, 4.69) is 19.2 Å². The minimum atomic E-state index is -0.667. The number of hydrogen-bond acceptors (Lipinski definition) is 5. The zero-order chi connectivity index (χ0) is 51.4. The zero-order valence-corrected chi connectivity index (χ0v) is 48.5. The molecule has 0 aromatic heterocycles. The Morgan fingerprint density at radius 3 is 0.859 bits per heavy atom. The quantitative estimate of drug-likeness (QED) is 0.0417. The number of nitrogens with one attached hydrogen (secondary N) is 1. The van der Waals surface area contributed by atoms with Gasteiger partial charge in [-0.25, -0.2) is 0 Å². The Labute approximate surface area is 445 Å². The SMILES string of the molecule is CCCCCCCCCCCCCCCCCCCCCC(=O)OCCCCCCCCCCCCCCCCCCCC(=O)NC(CO)C(O)CCCCCCCCCCCCCCCCCCCC. The van der Waals surface area contributed by atoms with Crippen molar-refractivity contribution < 1.29 is 24.5 Å². The highest BCUT2D eigenvalue weighted by atomic mass is 16.5. The van der Waals surface area contributed by atoms with Crippen molar-refractivity contribution >= 4 is 11.9 Å². The summed E-state index contributed by atoms with van der Waals surface area (Å²) in [6.07, 6.45) is 72.6. The van der Waals surface area contributed by atoms with E-state index >= 15 is 0 Å². The number of amides is 1. The van der Waals surface area contributed by atoms with E-state index in [0.29, 0.717) is 25.9 Å². The van der Waals surface area contributed by atoms with Gasteiger partial charge in [-0.2, -0.15) is 0 Å². The average Bonchev–Trinajstić information content (AvgIpc) is 3.37. The molecule has 3 N–H and O–H groups in total. The smallest absolute Gasteiger partial charge is 0.305 e. The van der Waals surface area contributed by atoms with Crippen molar-refractivity contribution in [2.75, 3.05) is 13.2 Å². The van der Waals surface area contributed by atoms with Crippen LogP contribution in [0.4, 0.5) is 0 Å². The number of aliphatic hydroxyl groups excluding tert-OH is 2. The Morgan fingerprint density at radius 2 is 0.577 bits per heavy atom. The zero-order valence-electron chi connectivity index (χ0n) is 48.5. The van der Waals surface area contributed by atoms with Crippen LogP contribution in [-0.2, 0) is 14.3 Å². The van der Waals surface area contributed by atoms with E-state index in [1.807, 2.05) is 0 Å². The second-order valence-corrected chi connectivity index (χ2v) is 22.8. The molecule has 0 aliphatic rings. The highest BCUT2D eigenvalue weighted by Gasteiger charge is 2.20. The monoisotopic (exact) mass is 1000 g/mol. The maximum atomic E-state index is 12.5. The number of unbranched alkanes of at least 4 members (excludes halogenated alkanes) is 51. The molecule has 0 aromatic rings. The predicted octanol–water partition coefficient (Wildman–Crippen LogP) is 20.6. The fourth-order valence-corrected chi connectivity index (χ4v) is 10.6. The van der Waals surface area contributed by atoms with Crippen LogP contribution < -0.4 is 5.32 Å². The molecule has 424 valence electrons. The van der Waals surface area contributed by atoms with Crippen LogP contribution in [0, 0.1) is 0 Å². The van der Waals surface area contributed by atoms with Crippen LogP contribution in [-0.4, -0.2) is 47.4 Å².